The van der Waals surface area contributed by atoms with Crippen LogP contribution < -0.4 is 4.40 Å². The summed E-state index contributed by atoms with van der Waals surface area (Å²) in [6.07, 6.45) is 10.1. The van der Waals surface area contributed by atoms with Crippen LogP contribution in [0.15, 0.2) is 71.4 Å². The van der Waals surface area contributed by atoms with Crippen LogP contribution in [0.1, 0.15) is 74.4 Å². The molecule has 1 radical (unpaired) electrons. The molecule has 7 rings (SSSR count). The molecule has 1 aliphatic rings. The van der Waals surface area contributed by atoms with Gasteiger partial charge in [0.05, 0.1) is 5.58 Å². The monoisotopic (exact) mass is 876 g/mol. The summed E-state index contributed by atoms with van der Waals surface area (Å²) in [4.78, 5) is 14.2. The summed E-state index contributed by atoms with van der Waals surface area (Å²) >= 11 is -1.86. The Labute approximate surface area is 302 Å². The summed E-state index contributed by atoms with van der Waals surface area (Å²) < 4.78 is 7.75. The average Bonchev–Trinajstić information content (AvgIpc) is 3.42. The fourth-order valence-corrected chi connectivity index (χ4v) is 10.2. The van der Waals surface area contributed by atoms with E-state index in [1.54, 1.807) is 4.40 Å². The fraction of sp³-hybridized carbons (Fsp3) is 0.357. The number of aryl methyl sites for hydroxylation is 1. The molecule has 1 aliphatic carbocycles. The van der Waals surface area contributed by atoms with Crippen molar-refractivity contribution in [2.45, 2.75) is 89.9 Å². The molecule has 0 atom stereocenters. The van der Waals surface area contributed by atoms with Crippen LogP contribution in [0.2, 0.25) is 17.3 Å². The van der Waals surface area contributed by atoms with Crippen molar-refractivity contribution < 1.29 is 24.5 Å². The van der Waals surface area contributed by atoms with Crippen LogP contribution in [0, 0.1) is 25.0 Å². The summed E-state index contributed by atoms with van der Waals surface area (Å²) in [7, 11) is 0. The number of hydrogen-bond acceptors (Lipinski definition) is 4. The Morgan fingerprint density at radius 2 is 1.62 bits per heavy atom. The van der Waals surface area contributed by atoms with Crippen LogP contribution in [0.5, 0.6) is 0 Å². The van der Waals surface area contributed by atoms with Crippen LogP contribution in [0.4, 0.5) is 0 Å². The van der Waals surface area contributed by atoms with E-state index in [2.05, 4.69) is 98.7 Å². The third-order valence-electron chi connectivity index (χ3n) is 9.14. The summed E-state index contributed by atoms with van der Waals surface area (Å²) in [6.45, 7) is 11.1. The van der Waals surface area contributed by atoms with E-state index >= 15 is 0 Å². The van der Waals surface area contributed by atoms with Gasteiger partial charge in [0.2, 0.25) is 5.71 Å². The van der Waals surface area contributed by atoms with Crippen molar-refractivity contribution in [2.75, 3.05) is 0 Å². The smallest absolute Gasteiger partial charge is 0.216 e. The molecule has 0 fully saturated rings. The molecule has 0 bridgehead atoms. The fourth-order valence-electron chi connectivity index (χ4n) is 6.86. The van der Waals surface area contributed by atoms with Gasteiger partial charge in [-0.25, -0.2) is 4.98 Å². The van der Waals surface area contributed by atoms with Gasteiger partial charge in [0.15, 0.2) is 0 Å². The zero-order valence-corrected chi connectivity index (χ0v) is 34.1. The maximum Gasteiger partial charge on any atom is 0.216 e. The standard InChI is InChI=1S/C24H23N2O.C18H24GeN.Ir/c1-14(2)21-13-25-22(17-8-5-4-7-16(17)21)20-10-6-9-18-19-12-11-15(3)26-24(19)27-23(18)20;1-14(2)11-16-12-18(15-9-7-6-8-10-15)20-13-17(16)19(3,4)5;/h6,9,11-14H,4-5,7-8H2,1-3H3;6-9,12-14H,11H2,1-5H3;/q2*-1;. The summed E-state index contributed by atoms with van der Waals surface area (Å²) in [5.74, 6) is 8.49. The molecule has 0 spiro atoms. The summed E-state index contributed by atoms with van der Waals surface area (Å²) in [6, 6.07) is 25.2. The quantitative estimate of drug-likeness (QED) is 0.124. The van der Waals surface area contributed by atoms with E-state index in [0.717, 1.165) is 63.8 Å². The second-order valence-electron chi connectivity index (χ2n) is 14.7. The van der Waals surface area contributed by atoms with Crippen LogP contribution in [0.25, 0.3) is 44.6 Å². The second kappa shape index (κ2) is 15.2. The molecule has 2 aromatic carbocycles. The van der Waals surface area contributed by atoms with Gasteiger partial charge in [-0.3, -0.25) is 0 Å². The molecule has 0 amide bonds. The van der Waals surface area contributed by atoms with Crippen molar-refractivity contribution in [1.29, 1.82) is 0 Å². The predicted molar refractivity (Wildman–Crippen MR) is 199 cm³/mol. The molecule has 0 aliphatic heterocycles. The number of fused-ring (bicyclic) bond motifs is 4. The van der Waals surface area contributed by atoms with Crippen molar-refractivity contribution in [2.24, 2.45) is 5.92 Å². The minimum absolute atomic E-state index is 0. The van der Waals surface area contributed by atoms with E-state index in [-0.39, 0.29) is 20.1 Å². The molecule has 4 aromatic heterocycles. The van der Waals surface area contributed by atoms with E-state index in [0.29, 0.717) is 17.5 Å². The summed E-state index contributed by atoms with van der Waals surface area (Å²) in [5.41, 5.74) is 12.4. The van der Waals surface area contributed by atoms with E-state index in [1.165, 1.54) is 35.1 Å². The predicted octanol–water partition coefficient (Wildman–Crippen LogP) is 10.4. The van der Waals surface area contributed by atoms with Crippen molar-refractivity contribution in [3.8, 4) is 22.5 Å². The molecule has 4 nitrogen and oxygen atoms in total. The van der Waals surface area contributed by atoms with Gasteiger partial charge in [-0.1, -0.05) is 30.4 Å². The second-order valence-corrected chi connectivity index (χ2v) is 25.3. The van der Waals surface area contributed by atoms with Crippen molar-refractivity contribution in [1.82, 2.24) is 15.0 Å². The Kier molecular flexibility index (Phi) is 11.4. The molecule has 6 aromatic rings. The van der Waals surface area contributed by atoms with Gasteiger partial charge in [-0.05, 0) is 67.5 Å². The number of pyridine rings is 3. The van der Waals surface area contributed by atoms with Gasteiger partial charge in [0.1, 0.15) is 0 Å². The van der Waals surface area contributed by atoms with Gasteiger partial charge >= 0.3 is 126 Å². The number of aromatic nitrogens is 3. The molecule has 251 valence electrons. The number of hydrogen-bond donors (Lipinski definition) is 0. The normalized spacial score (nSPS) is 13.0. The van der Waals surface area contributed by atoms with Gasteiger partial charge in [-0.2, -0.15) is 0 Å². The molecule has 0 unspecified atom stereocenters. The Morgan fingerprint density at radius 3 is 2.31 bits per heavy atom. The molecular weight excluding hydrogens is 827 g/mol. The zero-order chi connectivity index (χ0) is 33.3. The largest absolute Gasteiger partial charge is 0.486 e. The maximum absolute atomic E-state index is 6.21. The number of nitrogens with zero attached hydrogens (tertiary/aromatic N) is 3. The van der Waals surface area contributed by atoms with Gasteiger partial charge in [0.25, 0.3) is 0 Å². The van der Waals surface area contributed by atoms with Gasteiger partial charge < -0.3 is 9.40 Å². The Morgan fingerprint density at radius 1 is 0.854 bits per heavy atom. The Balaban J connectivity index is 0.000000193. The zero-order valence-electron chi connectivity index (χ0n) is 29.6. The van der Waals surface area contributed by atoms with Crippen LogP contribution >= 0.6 is 0 Å². The molecule has 0 N–H and O–H groups in total. The first-order chi connectivity index (χ1) is 22.5. The van der Waals surface area contributed by atoms with E-state index in [4.69, 9.17) is 14.4 Å². The summed E-state index contributed by atoms with van der Waals surface area (Å²) in [5, 5.41) is 2.14. The number of benzene rings is 2. The topological polar surface area (TPSA) is 51.8 Å². The third kappa shape index (κ3) is 7.69. The van der Waals surface area contributed by atoms with E-state index in [9.17, 15) is 0 Å². The van der Waals surface area contributed by atoms with E-state index in [1.807, 2.05) is 37.3 Å². The minimum atomic E-state index is -1.86. The Bertz CT molecular complexity index is 2030. The Hall–Kier alpha value is -3.12. The molecule has 6 heteroatoms. The van der Waals surface area contributed by atoms with Crippen molar-refractivity contribution in [3.63, 3.8) is 0 Å². The molecule has 4 heterocycles. The molecular formula is C42H47GeIrN3O-2. The molecule has 48 heavy (non-hydrogen) atoms. The van der Waals surface area contributed by atoms with Crippen LogP contribution in [-0.2, 0) is 39.4 Å². The SMILES string of the molecule is CC(C)Cc1cc(-c2[c-]cccc2)nc[c]1[Ge]([CH3])([CH3])[CH3].Cc1ccc2c(n1)oc1c(-c3ncc(C(C)C)c4c3CCCC4)[c-]ccc12.[Ir]. The van der Waals surface area contributed by atoms with Crippen LogP contribution in [-0.4, -0.2) is 28.2 Å². The van der Waals surface area contributed by atoms with Gasteiger partial charge in [-0.15, -0.1) is 18.2 Å². The maximum atomic E-state index is 6.21. The first kappa shape index (κ1) is 36.2. The number of rotatable bonds is 6. The van der Waals surface area contributed by atoms with Crippen molar-refractivity contribution in [3.05, 3.63) is 107 Å². The molecule has 0 saturated carbocycles. The first-order valence-corrected chi connectivity index (χ1v) is 24.5. The third-order valence-corrected chi connectivity index (χ3v) is 13.5. The van der Waals surface area contributed by atoms with Crippen LogP contribution in [0.3, 0.4) is 0 Å². The number of furan rings is 1. The average molecular weight is 875 g/mol. The molecule has 0 saturated heterocycles. The first-order valence-electron chi connectivity index (χ1n) is 17.2. The van der Waals surface area contributed by atoms with E-state index < -0.39 is 13.3 Å². The van der Waals surface area contributed by atoms with Crippen molar-refractivity contribution >= 4 is 39.7 Å². The van der Waals surface area contributed by atoms with Gasteiger partial charge in [0, 0.05) is 37.4 Å². The minimum Gasteiger partial charge on any atom is -0.486 e.